The molecule has 1 aromatic rings. The molecular formula is C14H20BrNO3S. The molecule has 1 unspecified atom stereocenters. The van der Waals surface area contributed by atoms with Gasteiger partial charge in [-0.15, -0.1) is 0 Å². The lowest BCUT2D eigenvalue weighted by Crippen LogP contribution is -2.43. The quantitative estimate of drug-likeness (QED) is 0.809. The third-order valence-corrected chi connectivity index (χ3v) is 5.76. The highest BCUT2D eigenvalue weighted by atomic mass is 79.9. The van der Waals surface area contributed by atoms with Crippen LogP contribution in [0.15, 0.2) is 33.6 Å². The van der Waals surface area contributed by atoms with Gasteiger partial charge in [-0.3, -0.25) is 0 Å². The third kappa shape index (κ3) is 3.81. The van der Waals surface area contributed by atoms with Crippen LogP contribution in [0, 0.1) is 0 Å². The number of halogens is 1. The highest BCUT2D eigenvalue weighted by molar-refractivity contribution is 9.10. The average Bonchev–Trinajstić information content (AvgIpc) is 2.46. The van der Waals surface area contributed by atoms with Gasteiger partial charge < -0.3 is 4.74 Å². The molecule has 1 fully saturated rings. The van der Waals surface area contributed by atoms with Crippen molar-refractivity contribution in [2.45, 2.75) is 37.2 Å². The van der Waals surface area contributed by atoms with Crippen LogP contribution in [0.5, 0.6) is 0 Å². The molecule has 0 spiro atoms. The molecular weight excluding hydrogens is 342 g/mol. The van der Waals surface area contributed by atoms with Crippen molar-refractivity contribution in [2.24, 2.45) is 0 Å². The lowest BCUT2D eigenvalue weighted by molar-refractivity contribution is 0.0193. The van der Waals surface area contributed by atoms with Crippen LogP contribution in [-0.4, -0.2) is 38.5 Å². The van der Waals surface area contributed by atoms with Crippen molar-refractivity contribution in [2.75, 3.05) is 19.7 Å². The fraction of sp³-hybridized carbons (Fsp3) is 0.571. The van der Waals surface area contributed by atoms with Crippen molar-refractivity contribution in [3.8, 4) is 0 Å². The molecule has 0 radical (unpaired) electrons. The molecule has 0 bridgehead atoms. The van der Waals surface area contributed by atoms with Gasteiger partial charge in [-0.1, -0.05) is 22.9 Å². The summed E-state index contributed by atoms with van der Waals surface area (Å²) >= 11 is 3.32. The first-order valence-electron chi connectivity index (χ1n) is 6.91. The van der Waals surface area contributed by atoms with E-state index in [2.05, 4.69) is 22.9 Å². The Kier molecular flexibility index (Phi) is 5.60. The Morgan fingerprint density at radius 3 is 2.70 bits per heavy atom. The minimum atomic E-state index is -3.40. The van der Waals surface area contributed by atoms with Crippen LogP contribution >= 0.6 is 15.9 Å². The average molecular weight is 362 g/mol. The Labute approximate surface area is 129 Å². The molecule has 1 aromatic carbocycles. The van der Waals surface area contributed by atoms with E-state index in [0.29, 0.717) is 24.6 Å². The van der Waals surface area contributed by atoms with E-state index in [9.17, 15) is 8.42 Å². The number of sulfonamides is 1. The van der Waals surface area contributed by atoms with E-state index in [4.69, 9.17) is 4.74 Å². The van der Waals surface area contributed by atoms with E-state index in [1.807, 2.05) is 0 Å². The van der Waals surface area contributed by atoms with Crippen LogP contribution in [0.1, 0.15) is 26.2 Å². The molecule has 1 aliphatic heterocycles. The summed E-state index contributed by atoms with van der Waals surface area (Å²) in [6.45, 7) is 3.78. The minimum Gasteiger partial charge on any atom is -0.377 e. The van der Waals surface area contributed by atoms with E-state index in [-0.39, 0.29) is 6.10 Å². The summed E-state index contributed by atoms with van der Waals surface area (Å²) in [6.07, 6.45) is 2.76. The van der Waals surface area contributed by atoms with Crippen molar-refractivity contribution in [3.05, 3.63) is 28.7 Å². The molecule has 0 aromatic heterocycles. The summed E-state index contributed by atoms with van der Waals surface area (Å²) in [5.41, 5.74) is 0. The highest BCUT2D eigenvalue weighted by Crippen LogP contribution is 2.23. The maximum atomic E-state index is 12.6. The standard InChI is InChI=1S/C14H20BrNO3S/c1-2-10-19-13-4-3-9-16(11-13)20(17,18)14-7-5-12(15)6-8-14/h5-8,13H,2-4,9-11H2,1H3. The van der Waals surface area contributed by atoms with Gasteiger partial charge in [0.05, 0.1) is 11.0 Å². The Morgan fingerprint density at radius 1 is 1.35 bits per heavy atom. The maximum absolute atomic E-state index is 12.6. The minimum absolute atomic E-state index is 0.0222. The molecule has 2 rings (SSSR count). The fourth-order valence-electron chi connectivity index (χ4n) is 2.30. The van der Waals surface area contributed by atoms with Crippen LogP contribution in [0.3, 0.4) is 0 Å². The molecule has 1 saturated heterocycles. The van der Waals surface area contributed by atoms with Crippen molar-refractivity contribution < 1.29 is 13.2 Å². The van der Waals surface area contributed by atoms with Crippen molar-refractivity contribution in [1.82, 2.24) is 4.31 Å². The largest absolute Gasteiger partial charge is 0.377 e. The Morgan fingerprint density at radius 2 is 2.05 bits per heavy atom. The van der Waals surface area contributed by atoms with Gasteiger partial charge >= 0.3 is 0 Å². The van der Waals surface area contributed by atoms with Crippen LogP contribution in [0.25, 0.3) is 0 Å². The second-order valence-electron chi connectivity index (χ2n) is 4.95. The van der Waals surface area contributed by atoms with E-state index >= 15 is 0 Å². The van der Waals surface area contributed by atoms with Gasteiger partial charge in [0.2, 0.25) is 10.0 Å². The summed E-state index contributed by atoms with van der Waals surface area (Å²) in [7, 11) is -3.40. The van der Waals surface area contributed by atoms with Crippen LogP contribution < -0.4 is 0 Å². The lowest BCUT2D eigenvalue weighted by Gasteiger charge is -2.31. The number of hydrogen-bond acceptors (Lipinski definition) is 3. The van der Waals surface area contributed by atoms with Gasteiger partial charge in [-0.2, -0.15) is 4.31 Å². The number of piperidine rings is 1. The number of benzene rings is 1. The van der Waals surface area contributed by atoms with Gasteiger partial charge in [0.25, 0.3) is 0 Å². The first kappa shape index (κ1) is 15.9. The fourth-order valence-corrected chi connectivity index (χ4v) is 4.07. The monoisotopic (exact) mass is 361 g/mol. The molecule has 0 N–H and O–H groups in total. The second kappa shape index (κ2) is 7.02. The van der Waals surface area contributed by atoms with E-state index in [1.54, 1.807) is 28.6 Å². The topological polar surface area (TPSA) is 46.6 Å². The van der Waals surface area contributed by atoms with Crippen molar-refractivity contribution in [1.29, 1.82) is 0 Å². The van der Waals surface area contributed by atoms with E-state index < -0.39 is 10.0 Å². The van der Waals surface area contributed by atoms with Crippen molar-refractivity contribution >= 4 is 26.0 Å². The summed E-state index contributed by atoms with van der Waals surface area (Å²) < 4.78 is 33.3. The molecule has 0 aliphatic carbocycles. The summed E-state index contributed by atoms with van der Waals surface area (Å²) in [5.74, 6) is 0. The SMILES string of the molecule is CCCOC1CCCN(S(=O)(=O)c2ccc(Br)cc2)C1. The first-order valence-corrected chi connectivity index (χ1v) is 9.14. The summed E-state index contributed by atoms with van der Waals surface area (Å²) in [6, 6.07) is 6.77. The van der Waals surface area contributed by atoms with Gasteiger partial charge in [0.1, 0.15) is 0 Å². The maximum Gasteiger partial charge on any atom is 0.243 e. The number of nitrogens with zero attached hydrogens (tertiary/aromatic N) is 1. The van der Waals surface area contributed by atoms with E-state index in [0.717, 1.165) is 23.7 Å². The normalized spacial score (nSPS) is 21.0. The van der Waals surface area contributed by atoms with E-state index in [1.165, 1.54) is 0 Å². The molecule has 1 heterocycles. The van der Waals surface area contributed by atoms with Crippen LogP contribution in [0.4, 0.5) is 0 Å². The molecule has 20 heavy (non-hydrogen) atoms. The van der Waals surface area contributed by atoms with Gasteiger partial charge in [0.15, 0.2) is 0 Å². The Balaban J connectivity index is 2.10. The molecule has 112 valence electrons. The Bertz CT molecular complexity index is 530. The highest BCUT2D eigenvalue weighted by Gasteiger charge is 2.30. The zero-order chi connectivity index (χ0) is 14.6. The zero-order valence-corrected chi connectivity index (χ0v) is 14.0. The predicted octanol–water partition coefficient (Wildman–Crippen LogP) is 3.03. The molecule has 6 heteroatoms. The number of ether oxygens (including phenoxy) is 1. The number of hydrogen-bond donors (Lipinski definition) is 0. The summed E-state index contributed by atoms with van der Waals surface area (Å²) in [4.78, 5) is 0.344. The van der Waals surface area contributed by atoms with Gasteiger partial charge in [0, 0.05) is 24.2 Å². The summed E-state index contributed by atoms with van der Waals surface area (Å²) in [5, 5.41) is 0. The Hall–Kier alpha value is -0.430. The molecule has 1 atom stereocenters. The third-order valence-electron chi connectivity index (χ3n) is 3.35. The zero-order valence-electron chi connectivity index (χ0n) is 11.6. The first-order chi connectivity index (χ1) is 9.54. The van der Waals surface area contributed by atoms with Gasteiger partial charge in [-0.05, 0) is 43.5 Å². The molecule has 1 aliphatic rings. The predicted molar refractivity (Wildman–Crippen MR) is 82.2 cm³/mol. The van der Waals surface area contributed by atoms with Crippen LogP contribution in [0.2, 0.25) is 0 Å². The van der Waals surface area contributed by atoms with Crippen LogP contribution in [-0.2, 0) is 14.8 Å². The molecule has 4 nitrogen and oxygen atoms in total. The number of rotatable bonds is 5. The molecule has 0 amide bonds. The lowest BCUT2D eigenvalue weighted by atomic mass is 10.1. The second-order valence-corrected chi connectivity index (χ2v) is 7.81. The molecule has 0 saturated carbocycles. The van der Waals surface area contributed by atoms with Gasteiger partial charge in [-0.25, -0.2) is 8.42 Å². The smallest absolute Gasteiger partial charge is 0.243 e. The van der Waals surface area contributed by atoms with Crippen molar-refractivity contribution in [3.63, 3.8) is 0 Å².